The summed E-state index contributed by atoms with van der Waals surface area (Å²) >= 11 is 0. The van der Waals surface area contributed by atoms with Gasteiger partial charge in [0.05, 0.1) is 6.04 Å². The maximum Gasteiger partial charge on any atom is 0.237 e. The van der Waals surface area contributed by atoms with Gasteiger partial charge in [0.25, 0.3) is 0 Å². The average Bonchev–Trinajstić information content (AvgIpc) is 2.49. The van der Waals surface area contributed by atoms with Crippen LogP contribution in [-0.2, 0) is 9.53 Å². The van der Waals surface area contributed by atoms with Gasteiger partial charge < -0.3 is 15.8 Å². The molecule has 1 aromatic rings. The number of methoxy groups -OCH3 is 1. The molecule has 1 rings (SSSR count). The SMILES string of the molecule is COCCCNC(=O)C(C)N(C)C(C)c1cccc(N)c1. The molecule has 1 aromatic carbocycles. The van der Waals surface area contributed by atoms with Crippen LogP contribution in [0.4, 0.5) is 5.69 Å². The number of nitrogens with two attached hydrogens (primary N) is 1. The van der Waals surface area contributed by atoms with Crippen LogP contribution in [0.1, 0.15) is 31.9 Å². The van der Waals surface area contributed by atoms with Crippen LogP contribution in [-0.4, -0.2) is 44.2 Å². The molecule has 0 spiro atoms. The second-order valence-electron chi connectivity index (χ2n) is 5.32. The monoisotopic (exact) mass is 293 g/mol. The first-order valence-corrected chi connectivity index (χ1v) is 7.31. The summed E-state index contributed by atoms with van der Waals surface area (Å²) in [4.78, 5) is 14.2. The van der Waals surface area contributed by atoms with Crippen LogP contribution in [0.2, 0.25) is 0 Å². The molecule has 0 saturated heterocycles. The molecule has 0 bridgehead atoms. The van der Waals surface area contributed by atoms with Crippen molar-refractivity contribution in [3.63, 3.8) is 0 Å². The highest BCUT2D eigenvalue weighted by molar-refractivity contribution is 5.81. The number of ether oxygens (including phenoxy) is 1. The van der Waals surface area contributed by atoms with E-state index in [1.54, 1.807) is 7.11 Å². The molecular formula is C16H27N3O2. The number of hydrogen-bond donors (Lipinski definition) is 2. The number of benzene rings is 1. The van der Waals surface area contributed by atoms with Crippen LogP contribution in [0.15, 0.2) is 24.3 Å². The fourth-order valence-corrected chi connectivity index (χ4v) is 2.15. The van der Waals surface area contributed by atoms with Gasteiger partial charge in [-0.25, -0.2) is 0 Å². The minimum absolute atomic E-state index is 0.0318. The van der Waals surface area contributed by atoms with E-state index in [0.717, 1.165) is 17.7 Å². The molecule has 21 heavy (non-hydrogen) atoms. The van der Waals surface area contributed by atoms with E-state index in [2.05, 4.69) is 12.2 Å². The summed E-state index contributed by atoms with van der Waals surface area (Å²) in [5.41, 5.74) is 7.67. The predicted octanol–water partition coefficient (Wildman–Crippen LogP) is 1.80. The van der Waals surface area contributed by atoms with Gasteiger partial charge in [-0.05, 0) is 45.0 Å². The third-order valence-electron chi connectivity index (χ3n) is 3.82. The largest absolute Gasteiger partial charge is 0.399 e. The summed E-state index contributed by atoms with van der Waals surface area (Å²) in [6, 6.07) is 7.69. The van der Waals surface area contributed by atoms with E-state index in [1.807, 2.05) is 43.1 Å². The molecule has 0 aromatic heterocycles. The van der Waals surface area contributed by atoms with Gasteiger partial charge in [0, 0.05) is 32.0 Å². The first kappa shape index (κ1) is 17.5. The minimum Gasteiger partial charge on any atom is -0.399 e. The Morgan fingerprint density at radius 3 is 2.76 bits per heavy atom. The summed E-state index contributed by atoms with van der Waals surface area (Å²) in [5, 5.41) is 2.93. The fourth-order valence-electron chi connectivity index (χ4n) is 2.15. The van der Waals surface area contributed by atoms with Crippen LogP contribution in [0, 0.1) is 0 Å². The number of rotatable bonds is 8. The smallest absolute Gasteiger partial charge is 0.237 e. The van der Waals surface area contributed by atoms with Crippen LogP contribution >= 0.6 is 0 Å². The van der Waals surface area contributed by atoms with Crippen molar-refractivity contribution in [1.82, 2.24) is 10.2 Å². The molecule has 2 atom stereocenters. The molecular weight excluding hydrogens is 266 g/mol. The molecule has 3 N–H and O–H groups in total. The average molecular weight is 293 g/mol. The van der Waals surface area contributed by atoms with E-state index < -0.39 is 0 Å². The fraction of sp³-hybridized carbons (Fsp3) is 0.562. The van der Waals surface area contributed by atoms with Gasteiger partial charge in [0.1, 0.15) is 0 Å². The van der Waals surface area contributed by atoms with Gasteiger partial charge in [0.15, 0.2) is 0 Å². The molecule has 0 saturated carbocycles. The van der Waals surface area contributed by atoms with E-state index in [4.69, 9.17) is 10.5 Å². The van der Waals surface area contributed by atoms with E-state index in [0.29, 0.717) is 13.2 Å². The number of carbonyl (C=O) groups is 1. The van der Waals surface area contributed by atoms with Crippen molar-refractivity contribution in [2.75, 3.05) is 33.0 Å². The summed E-state index contributed by atoms with van der Waals surface area (Å²) in [6.45, 7) is 5.28. The number of likely N-dealkylation sites (N-methyl/N-ethyl adjacent to an activating group) is 1. The van der Waals surface area contributed by atoms with Crippen LogP contribution in [0.5, 0.6) is 0 Å². The zero-order valence-electron chi connectivity index (χ0n) is 13.4. The maximum absolute atomic E-state index is 12.1. The molecule has 0 aliphatic carbocycles. The molecule has 0 aliphatic heterocycles. The Labute approximate surface area is 127 Å². The topological polar surface area (TPSA) is 67.6 Å². The van der Waals surface area contributed by atoms with Crippen molar-refractivity contribution in [1.29, 1.82) is 0 Å². The quantitative estimate of drug-likeness (QED) is 0.566. The third kappa shape index (κ3) is 5.36. The number of amides is 1. The van der Waals surface area contributed by atoms with Crippen LogP contribution in [0.3, 0.4) is 0 Å². The van der Waals surface area contributed by atoms with E-state index in [1.165, 1.54) is 0 Å². The van der Waals surface area contributed by atoms with Crippen LogP contribution in [0.25, 0.3) is 0 Å². The van der Waals surface area contributed by atoms with Gasteiger partial charge in [-0.3, -0.25) is 9.69 Å². The number of hydrogen-bond acceptors (Lipinski definition) is 4. The normalized spacial score (nSPS) is 14.0. The van der Waals surface area contributed by atoms with Crippen molar-refractivity contribution >= 4 is 11.6 Å². The number of nitrogens with one attached hydrogen (secondary N) is 1. The lowest BCUT2D eigenvalue weighted by molar-refractivity contribution is -0.126. The van der Waals surface area contributed by atoms with Gasteiger partial charge in [-0.2, -0.15) is 0 Å². The lowest BCUT2D eigenvalue weighted by atomic mass is 10.0. The Balaban J connectivity index is 2.56. The highest BCUT2D eigenvalue weighted by atomic mass is 16.5. The van der Waals surface area contributed by atoms with Gasteiger partial charge in [-0.15, -0.1) is 0 Å². The Morgan fingerprint density at radius 2 is 2.14 bits per heavy atom. The molecule has 0 aliphatic rings. The lowest BCUT2D eigenvalue weighted by Crippen LogP contribution is -2.44. The van der Waals surface area contributed by atoms with Crippen molar-refractivity contribution in [2.24, 2.45) is 0 Å². The van der Waals surface area contributed by atoms with Crippen molar-refractivity contribution in [2.45, 2.75) is 32.4 Å². The summed E-state index contributed by atoms with van der Waals surface area (Å²) in [7, 11) is 3.61. The Hall–Kier alpha value is -1.59. The summed E-state index contributed by atoms with van der Waals surface area (Å²) in [5.74, 6) is 0.0318. The molecule has 5 nitrogen and oxygen atoms in total. The Bertz CT molecular complexity index is 451. The lowest BCUT2D eigenvalue weighted by Gasteiger charge is -2.30. The number of nitrogens with zero attached hydrogens (tertiary/aromatic N) is 1. The van der Waals surface area contributed by atoms with E-state index >= 15 is 0 Å². The molecule has 5 heteroatoms. The first-order valence-electron chi connectivity index (χ1n) is 7.31. The molecule has 118 valence electrons. The molecule has 2 unspecified atom stereocenters. The maximum atomic E-state index is 12.1. The predicted molar refractivity (Wildman–Crippen MR) is 86.0 cm³/mol. The van der Waals surface area contributed by atoms with E-state index in [-0.39, 0.29) is 18.0 Å². The first-order chi connectivity index (χ1) is 9.97. The molecule has 0 radical (unpaired) electrons. The van der Waals surface area contributed by atoms with Crippen molar-refractivity contribution in [3.8, 4) is 0 Å². The van der Waals surface area contributed by atoms with Gasteiger partial charge >= 0.3 is 0 Å². The van der Waals surface area contributed by atoms with Gasteiger partial charge in [0.2, 0.25) is 5.91 Å². The summed E-state index contributed by atoms with van der Waals surface area (Å²) in [6.07, 6.45) is 0.823. The standard InChI is InChI=1S/C16H27N3O2/c1-12(14-7-5-8-15(17)11-14)19(3)13(2)16(20)18-9-6-10-21-4/h5,7-8,11-13H,6,9-10,17H2,1-4H3,(H,18,20). The van der Waals surface area contributed by atoms with Crippen molar-refractivity contribution < 1.29 is 9.53 Å². The number of anilines is 1. The second-order valence-corrected chi connectivity index (χ2v) is 5.32. The summed E-state index contributed by atoms with van der Waals surface area (Å²) < 4.78 is 4.97. The third-order valence-corrected chi connectivity index (χ3v) is 3.82. The Morgan fingerprint density at radius 1 is 1.43 bits per heavy atom. The zero-order valence-corrected chi connectivity index (χ0v) is 13.4. The van der Waals surface area contributed by atoms with Crippen molar-refractivity contribution in [3.05, 3.63) is 29.8 Å². The Kier molecular flexibility index (Phi) is 7.19. The minimum atomic E-state index is -0.205. The second kappa shape index (κ2) is 8.64. The molecule has 0 fully saturated rings. The zero-order chi connectivity index (χ0) is 15.8. The number of nitrogen functional groups attached to an aromatic ring is 1. The van der Waals surface area contributed by atoms with Crippen LogP contribution < -0.4 is 11.1 Å². The highest BCUT2D eigenvalue weighted by Gasteiger charge is 2.22. The highest BCUT2D eigenvalue weighted by Crippen LogP contribution is 2.22. The van der Waals surface area contributed by atoms with Gasteiger partial charge in [-0.1, -0.05) is 12.1 Å². The van der Waals surface area contributed by atoms with E-state index in [9.17, 15) is 4.79 Å². The number of carbonyl (C=O) groups excluding carboxylic acids is 1. The molecule has 1 amide bonds. The molecule has 0 heterocycles.